The normalized spacial score (nSPS) is 21.6. The van der Waals surface area contributed by atoms with Crippen LogP contribution >= 0.6 is 0 Å². The summed E-state index contributed by atoms with van der Waals surface area (Å²) in [4.78, 5) is 39.5. The summed E-state index contributed by atoms with van der Waals surface area (Å²) in [5.74, 6) is -0.455. The van der Waals surface area contributed by atoms with E-state index in [9.17, 15) is 14.4 Å². The van der Waals surface area contributed by atoms with Crippen LogP contribution in [0.15, 0.2) is 24.3 Å². The molecule has 7 heteroatoms. The molecule has 0 aromatic heterocycles. The molecule has 7 nitrogen and oxygen atoms in total. The van der Waals surface area contributed by atoms with Gasteiger partial charge in [0.1, 0.15) is 0 Å². The molecule has 1 aliphatic carbocycles. The third-order valence-electron chi connectivity index (χ3n) is 6.80. The average Bonchev–Trinajstić information content (AvgIpc) is 3.00. The predicted molar refractivity (Wildman–Crippen MR) is 106 cm³/mol. The van der Waals surface area contributed by atoms with E-state index in [4.69, 9.17) is 9.47 Å². The van der Waals surface area contributed by atoms with E-state index in [1.807, 2.05) is 0 Å². The Morgan fingerprint density at radius 3 is 2.17 bits per heavy atom. The highest BCUT2D eigenvalue weighted by atomic mass is 16.5. The maximum atomic E-state index is 12.4. The highest BCUT2D eigenvalue weighted by Gasteiger charge is 2.40. The highest BCUT2D eigenvalue weighted by Crippen LogP contribution is 2.45. The number of piperidine rings is 1. The van der Waals surface area contributed by atoms with Crippen LogP contribution < -0.4 is 0 Å². The first-order chi connectivity index (χ1) is 14.0. The molecule has 1 spiro atoms. The van der Waals surface area contributed by atoms with Gasteiger partial charge in [-0.1, -0.05) is 12.1 Å². The molecule has 1 aromatic carbocycles. The van der Waals surface area contributed by atoms with Crippen molar-refractivity contribution < 1.29 is 23.9 Å². The third-order valence-corrected chi connectivity index (χ3v) is 6.80. The van der Waals surface area contributed by atoms with E-state index >= 15 is 0 Å². The molecule has 3 amide bonds. The Morgan fingerprint density at radius 2 is 1.62 bits per heavy atom. The van der Waals surface area contributed by atoms with Gasteiger partial charge in [0.2, 0.25) is 0 Å². The van der Waals surface area contributed by atoms with Crippen molar-refractivity contribution >= 4 is 17.9 Å². The number of rotatable bonds is 4. The number of imide groups is 1. The molecule has 0 unspecified atom stereocenters. The van der Waals surface area contributed by atoms with Crippen molar-refractivity contribution in [3.05, 3.63) is 35.4 Å². The molecule has 1 aromatic rings. The summed E-state index contributed by atoms with van der Waals surface area (Å²) in [5.41, 5.74) is 1.28. The lowest BCUT2D eigenvalue weighted by Crippen LogP contribution is -2.45. The molecule has 0 N–H and O–H groups in total. The Bertz CT molecular complexity index is 755. The van der Waals surface area contributed by atoms with Gasteiger partial charge in [-0.15, -0.1) is 0 Å². The number of nitrogens with zero attached hydrogens (tertiary/aromatic N) is 2. The fourth-order valence-corrected chi connectivity index (χ4v) is 4.92. The van der Waals surface area contributed by atoms with Gasteiger partial charge in [-0.2, -0.15) is 0 Å². The van der Waals surface area contributed by atoms with E-state index in [2.05, 4.69) is 0 Å². The summed E-state index contributed by atoms with van der Waals surface area (Å²) in [6.07, 6.45) is 6.15. The third kappa shape index (κ3) is 3.88. The van der Waals surface area contributed by atoms with Crippen LogP contribution in [-0.2, 0) is 9.47 Å². The first-order valence-corrected chi connectivity index (χ1v) is 10.4. The highest BCUT2D eigenvalue weighted by molar-refractivity contribution is 6.21. The van der Waals surface area contributed by atoms with Gasteiger partial charge >= 0.3 is 6.09 Å². The number of ether oxygens (including phenoxy) is 2. The van der Waals surface area contributed by atoms with Crippen molar-refractivity contribution in [2.45, 2.75) is 44.6 Å². The molecule has 2 fully saturated rings. The molecule has 0 atom stereocenters. The number of methoxy groups -OCH3 is 1. The summed E-state index contributed by atoms with van der Waals surface area (Å²) < 4.78 is 10.8. The van der Waals surface area contributed by atoms with Crippen LogP contribution in [0, 0.1) is 5.41 Å². The summed E-state index contributed by atoms with van der Waals surface area (Å²) >= 11 is 0. The van der Waals surface area contributed by atoms with Crippen molar-refractivity contribution in [3.63, 3.8) is 0 Å². The standard InChI is InChI=1S/C22H28N2O5/c1-28-21(27)23-12-10-22(11-13-23)8-6-16(7-9-22)29-15-14-24-19(25)17-4-2-3-5-18(17)20(24)26/h2-5,16H,6-15H2,1H3. The number of likely N-dealkylation sites (tertiary alicyclic amines) is 1. The number of hydrogen-bond acceptors (Lipinski definition) is 5. The van der Waals surface area contributed by atoms with Crippen LogP contribution in [0.5, 0.6) is 0 Å². The minimum Gasteiger partial charge on any atom is -0.453 e. The first-order valence-electron chi connectivity index (χ1n) is 10.4. The fourth-order valence-electron chi connectivity index (χ4n) is 4.92. The zero-order valence-electron chi connectivity index (χ0n) is 16.9. The van der Waals surface area contributed by atoms with Gasteiger partial charge in [0.25, 0.3) is 11.8 Å². The van der Waals surface area contributed by atoms with Gasteiger partial charge in [0.15, 0.2) is 0 Å². The second-order valence-corrected chi connectivity index (χ2v) is 8.33. The van der Waals surface area contributed by atoms with E-state index in [0.29, 0.717) is 29.7 Å². The Labute approximate surface area is 170 Å². The molecule has 3 aliphatic rings. The SMILES string of the molecule is COC(=O)N1CCC2(CCC(OCCN3C(=O)c4ccccc4C3=O)CC2)CC1. The Morgan fingerprint density at radius 1 is 1.03 bits per heavy atom. The molecule has 4 rings (SSSR count). The van der Waals surface area contributed by atoms with E-state index in [-0.39, 0.29) is 24.0 Å². The second kappa shape index (κ2) is 8.14. The minimum absolute atomic E-state index is 0.175. The Hall–Kier alpha value is -2.41. The van der Waals surface area contributed by atoms with E-state index in [1.165, 1.54) is 12.0 Å². The van der Waals surface area contributed by atoms with Crippen LogP contribution in [-0.4, -0.2) is 67.2 Å². The van der Waals surface area contributed by atoms with E-state index in [1.54, 1.807) is 29.2 Å². The van der Waals surface area contributed by atoms with Crippen molar-refractivity contribution in [1.82, 2.24) is 9.80 Å². The van der Waals surface area contributed by atoms with Crippen LogP contribution in [0.4, 0.5) is 4.79 Å². The summed E-state index contributed by atoms with van der Waals surface area (Å²) in [6, 6.07) is 6.94. The van der Waals surface area contributed by atoms with Crippen molar-refractivity contribution in [3.8, 4) is 0 Å². The molecule has 2 aliphatic heterocycles. The average molecular weight is 400 g/mol. The summed E-state index contributed by atoms with van der Waals surface area (Å²) in [6.45, 7) is 2.19. The van der Waals surface area contributed by atoms with E-state index in [0.717, 1.165) is 51.6 Å². The fraction of sp³-hybridized carbons (Fsp3) is 0.591. The Balaban J connectivity index is 1.21. The number of fused-ring (bicyclic) bond motifs is 1. The van der Waals surface area contributed by atoms with Crippen LogP contribution in [0.1, 0.15) is 59.2 Å². The zero-order valence-corrected chi connectivity index (χ0v) is 16.9. The van der Waals surface area contributed by atoms with Gasteiger partial charge in [-0.3, -0.25) is 14.5 Å². The second-order valence-electron chi connectivity index (χ2n) is 8.33. The largest absolute Gasteiger partial charge is 0.453 e. The number of benzene rings is 1. The molecule has 0 bridgehead atoms. The van der Waals surface area contributed by atoms with Crippen LogP contribution in [0.2, 0.25) is 0 Å². The molecule has 29 heavy (non-hydrogen) atoms. The zero-order chi connectivity index (χ0) is 20.4. The van der Waals surface area contributed by atoms with Crippen molar-refractivity contribution in [2.24, 2.45) is 5.41 Å². The van der Waals surface area contributed by atoms with E-state index < -0.39 is 0 Å². The number of carbonyl (C=O) groups is 3. The maximum absolute atomic E-state index is 12.4. The predicted octanol–water partition coefficient (Wildman–Crippen LogP) is 3.09. The van der Waals surface area contributed by atoms with Gasteiger partial charge in [0, 0.05) is 13.1 Å². The molecule has 2 heterocycles. The van der Waals surface area contributed by atoms with Gasteiger partial charge in [0.05, 0.1) is 37.5 Å². The smallest absolute Gasteiger partial charge is 0.409 e. The molecular weight excluding hydrogens is 372 g/mol. The molecule has 1 saturated heterocycles. The van der Waals surface area contributed by atoms with Crippen molar-refractivity contribution in [2.75, 3.05) is 33.4 Å². The topological polar surface area (TPSA) is 76.2 Å². The first kappa shape index (κ1) is 19.9. The lowest BCUT2D eigenvalue weighted by molar-refractivity contribution is -0.0253. The van der Waals surface area contributed by atoms with Crippen LogP contribution in [0.25, 0.3) is 0 Å². The summed E-state index contributed by atoms with van der Waals surface area (Å²) in [7, 11) is 1.43. The van der Waals surface area contributed by atoms with Crippen LogP contribution in [0.3, 0.4) is 0 Å². The quantitative estimate of drug-likeness (QED) is 0.726. The van der Waals surface area contributed by atoms with Gasteiger partial charge < -0.3 is 14.4 Å². The van der Waals surface area contributed by atoms with Gasteiger partial charge in [-0.25, -0.2) is 4.79 Å². The monoisotopic (exact) mass is 400 g/mol. The Kier molecular flexibility index (Phi) is 5.58. The molecular formula is C22H28N2O5. The van der Waals surface area contributed by atoms with Gasteiger partial charge in [-0.05, 0) is 56.1 Å². The number of amides is 3. The summed E-state index contributed by atoms with van der Waals surface area (Å²) in [5, 5.41) is 0. The number of carbonyl (C=O) groups excluding carboxylic acids is 3. The maximum Gasteiger partial charge on any atom is 0.409 e. The molecule has 1 saturated carbocycles. The lowest BCUT2D eigenvalue weighted by Gasteiger charge is -2.45. The minimum atomic E-state index is -0.231. The van der Waals surface area contributed by atoms with Crippen molar-refractivity contribution in [1.29, 1.82) is 0 Å². The lowest BCUT2D eigenvalue weighted by atomic mass is 9.67. The number of hydrogen-bond donors (Lipinski definition) is 0. The molecule has 156 valence electrons. The molecule has 0 radical (unpaired) electrons.